The Kier molecular flexibility index (Phi) is 6.24. The first-order valence-corrected chi connectivity index (χ1v) is 8.53. The normalized spacial score (nSPS) is 21.5. The molecule has 2 amide bonds. The molecule has 23 heavy (non-hydrogen) atoms. The number of hydrogen-bond acceptors (Lipinski definition) is 3. The van der Waals surface area contributed by atoms with E-state index in [9.17, 15) is 9.59 Å². The van der Waals surface area contributed by atoms with E-state index in [-0.39, 0.29) is 18.4 Å². The Morgan fingerprint density at radius 2 is 2.09 bits per heavy atom. The van der Waals surface area contributed by atoms with Crippen LogP contribution in [0.15, 0.2) is 4.99 Å². The van der Waals surface area contributed by atoms with Gasteiger partial charge in [-0.25, -0.2) is 4.99 Å². The van der Waals surface area contributed by atoms with Crippen LogP contribution in [0.5, 0.6) is 0 Å². The smallest absolute Gasteiger partial charge is 0.243 e. The van der Waals surface area contributed by atoms with E-state index < -0.39 is 0 Å². The van der Waals surface area contributed by atoms with Gasteiger partial charge in [-0.3, -0.25) is 9.59 Å². The molecule has 1 unspecified atom stereocenters. The first-order chi connectivity index (χ1) is 11.0. The second-order valence-corrected chi connectivity index (χ2v) is 6.61. The quantitative estimate of drug-likeness (QED) is 0.512. The number of rotatable bonds is 7. The Balaban J connectivity index is 1.81. The number of guanidine groups is 1. The van der Waals surface area contributed by atoms with Crippen LogP contribution < -0.4 is 10.6 Å². The zero-order valence-electron chi connectivity index (χ0n) is 14.5. The minimum Gasteiger partial charge on any atom is -0.356 e. The summed E-state index contributed by atoms with van der Waals surface area (Å²) in [5.41, 5.74) is 0. The fraction of sp³-hybridized carbons (Fsp3) is 0.812. The minimum atomic E-state index is -0.0291. The van der Waals surface area contributed by atoms with E-state index in [0.29, 0.717) is 30.9 Å². The van der Waals surface area contributed by atoms with Gasteiger partial charge in [0.25, 0.3) is 0 Å². The van der Waals surface area contributed by atoms with Crippen molar-refractivity contribution in [2.45, 2.75) is 38.6 Å². The SMILES string of the molecule is CCCNC(=NCC(=O)N(C)C)NCC1CC(=O)N(C2CC2)C1. The highest BCUT2D eigenvalue weighted by Gasteiger charge is 2.39. The van der Waals surface area contributed by atoms with Crippen LogP contribution in [0.25, 0.3) is 0 Å². The van der Waals surface area contributed by atoms with Crippen LogP contribution in [0.1, 0.15) is 32.6 Å². The summed E-state index contributed by atoms with van der Waals surface area (Å²) in [7, 11) is 3.45. The number of amides is 2. The van der Waals surface area contributed by atoms with E-state index in [2.05, 4.69) is 22.5 Å². The summed E-state index contributed by atoms with van der Waals surface area (Å²) in [6, 6.07) is 0.497. The number of carbonyl (C=O) groups is 2. The van der Waals surface area contributed by atoms with Gasteiger partial charge >= 0.3 is 0 Å². The molecule has 0 aromatic heterocycles. The summed E-state index contributed by atoms with van der Waals surface area (Å²) >= 11 is 0. The number of nitrogens with one attached hydrogen (secondary N) is 2. The highest BCUT2D eigenvalue weighted by molar-refractivity contribution is 5.85. The average Bonchev–Trinajstić information content (AvgIpc) is 3.29. The van der Waals surface area contributed by atoms with E-state index in [1.165, 1.54) is 4.90 Å². The number of aliphatic imine (C=N–C) groups is 1. The average molecular weight is 323 g/mol. The molecule has 2 rings (SSSR count). The van der Waals surface area contributed by atoms with Crippen molar-refractivity contribution in [1.82, 2.24) is 20.4 Å². The zero-order chi connectivity index (χ0) is 16.8. The molecule has 2 aliphatic rings. The van der Waals surface area contributed by atoms with Gasteiger partial charge in [0.1, 0.15) is 6.54 Å². The predicted molar refractivity (Wildman–Crippen MR) is 90.1 cm³/mol. The van der Waals surface area contributed by atoms with E-state index >= 15 is 0 Å². The Bertz CT molecular complexity index is 459. The van der Waals surface area contributed by atoms with Gasteiger partial charge in [0.05, 0.1) is 0 Å². The molecule has 0 radical (unpaired) electrons. The predicted octanol–water partition coefficient (Wildman–Crippen LogP) is 0.0307. The molecule has 1 saturated heterocycles. The third-order valence-electron chi connectivity index (χ3n) is 4.20. The number of likely N-dealkylation sites (N-methyl/N-ethyl adjacent to an activating group) is 1. The van der Waals surface area contributed by atoms with Crippen LogP contribution in [0.3, 0.4) is 0 Å². The molecule has 2 N–H and O–H groups in total. The molecule has 0 aromatic carbocycles. The van der Waals surface area contributed by atoms with E-state index in [4.69, 9.17) is 0 Å². The van der Waals surface area contributed by atoms with Crippen LogP contribution in [-0.2, 0) is 9.59 Å². The fourth-order valence-electron chi connectivity index (χ4n) is 2.63. The van der Waals surface area contributed by atoms with Crippen molar-refractivity contribution < 1.29 is 9.59 Å². The van der Waals surface area contributed by atoms with E-state index in [0.717, 1.165) is 32.4 Å². The van der Waals surface area contributed by atoms with Gasteiger partial charge in [0.2, 0.25) is 11.8 Å². The van der Waals surface area contributed by atoms with Crippen molar-refractivity contribution in [3.8, 4) is 0 Å². The Morgan fingerprint density at radius 3 is 2.70 bits per heavy atom. The van der Waals surface area contributed by atoms with Crippen molar-refractivity contribution in [2.24, 2.45) is 10.9 Å². The van der Waals surface area contributed by atoms with Gasteiger partial charge in [0, 0.05) is 52.1 Å². The van der Waals surface area contributed by atoms with Gasteiger partial charge in [-0.2, -0.15) is 0 Å². The topological polar surface area (TPSA) is 77.0 Å². The van der Waals surface area contributed by atoms with Gasteiger partial charge in [-0.15, -0.1) is 0 Å². The standard InChI is InChI=1S/C16H29N5O2/c1-4-7-17-16(19-10-15(23)20(2)3)18-9-12-8-14(22)21(11-12)13-5-6-13/h12-13H,4-11H2,1-3H3,(H2,17,18,19). The summed E-state index contributed by atoms with van der Waals surface area (Å²) in [6.07, 6.45) is 3.91. The molecule has 0 aromatic rings. The molecule has 1 saturated carbocycles. The number of nitrogens with zero attached hydrogens (tertiary/aromatic N) is 3. The Morgan fingerprint density at radius 1 is 1.35 bits per heavy atom. The van der Waals surface area contributed by atoms with E-state index in [1.807, 2.05) is 4.90 Å². The zero-order valence-corrected chi connectivity index (χ0v) is 14.5. The monoisotopic (exact) mass is 323 g/mol. The fourth-order valence-corrected chi connectivity index (χ4v) is 2.63. The van der Waals surface area contributed by atoms with Gasteiger partial charge in [-0.05, 0) is 19.3 Å². The van der Waals surface area contributed by atoms with Gasteiger partial charge in [-0.1, -0.05) is 6.92 Å². The molecule has 130 valence electrons. The van der Waals surface area contributed by atoms with Crippen LogP contribution in [-0.4, -0.2) is 73.9 Å². The Hall–Kier alpha value is -1.79. The molecular formula is C16H29N5O2. The number of carbonyl (C=O) groups excluding carboxylic acids is 2. The molecule has 1 aliphatic carbocycles. The summed E-state index contributed by atoms with van der Waals surface area (Å²) < 4.78 is 0. The van der Waals surface area contributed by atoms with Crippen molar-refractivity contribution >= 4 is 17.8 Å². The van der Waals surface area contributed by atoms with Gasteiger partial charge in [0.15, 0.2) is 5.96 Å². The molecule has 0 spiro atoms. The summed E-state index contributed by atoms with van der Waals surface area (Å²) in [5, 5.41) is 6.50. The van der Waals surface area contributed by atoms with Crippen molar-refractivity contribution in [3.05, 3.63) is 0 Å². The molecule has 0 bridgehead atoms. The number of likely N-dealkylation sites (tertiary alicyclic amines) is 1. The lowest BCUT2D eigenvalue weighted by atomic mass is 10.1. The summed E-state index contributed by atoms with van der Waals surface area (Å²) in [5.74, 6) is 1.22. The first kappa shape index (κ1) is 17.6. The summed E-state index contributed by atoms with van der Waals surface area (Å²) in [6.45, 7) is 4.57. The molecule has 2 fully saturated rings. The van der Waals surface area contributed by atoms with Crippen LogP contribution in [0.4, 0.5) is 0 Å². The third-order valence-corrected chi connectivity index (χ3v) is 4.20. The minimum absolute atomic E-state index is 0.0291. The maximum atomic E-state index is 12.0. The highest BCUT2D eigenvalue weighted by atomic mass is 16.2. The molecule has 7 heteroatoms. The third kappa shape index (κ3) is 5.41. The molecular weight excluding hydrogens is 294 g/mol. The van der Waals surface area contributed by atoms with Crippen molar-refractivity contribution in [3.63, 3.8) is 0 Å². The maximum Gasteiger partial charge on any atom is 0.243 e. The van der Waals surface area contributed by atoms with Crippen LogP contribution in [0.2, 0.25) is 0 Å². The largest absolute Gasteiger partial charge is 0.356 e. The first-order valence-electron chi connectivity index (χ1n) is 8.53. The number of hydrogen-bond donors (Lipinski definition) is 2. The lowest BCUT2D eigenvalue weighted by Crippen LogP contribution is -2.41. The molecule has 1 aliphatic heterocycles. The second kappa shape index (κ2) is 8.17. The van der Waals surface area contributed by atoms with Crippen LogP contribution in [0, 0.1) is 5.92 Å². The molecule has 1 atom stereocenters. The van der Waals surface area contributed by atoms with Crippen molar-refractivity contribution in [1.29, 1.82) is 0 Å². The maximum absolute atomic E-state index is 12.0. The lowest BCUT2D eigenvalue weighted by Gasteiger charge is -2.17. The van der Waals surface area contributed by atoms with Crippen molar-refractivity contribution in [2.75, 3.05) is 40.3 Å². The van der Waals surface area contributed by atoms with Crippen LogP contribution >= 0.6 is 0 Å². The lowest BCUT2D eigenvalue weighted by molar-refractivity contribution is -0.128. The van der Waals surface area contributed by atoms with Gasteiger partial charge < -0.3 is 20.4 Å². The molecule has 1 heterocycles. The second-order valence-electron chi connectivity index (χ2n) is 6.61. The highest BCUT2D eigenvalue weighted by Crippen LogP contribution is 2.32. The summed E-state index contributed by atoms with van der Waals surface area (Å²) in [4.78, 5) is 31.5. The Labute approximate surface area is 138 Å². The van der Waals surface area contributed by atoms with E-state index in [1.54, 1.807) is 14.1 Å². The molecule has 7 nitrogen and oxygen atoms in total.